The van der Waals surface area contributed by atoms with Gasteiger partial charge in [-0.15, -0.1) is 0 Å². The molecule has 35 heavy (non-hydrogen) atoms. The van der Waals surface area contributed by atoms with Crippen LogP contribution in [0.3, 0.4) is 0 Å². The second kappa shape index (κ2) is 11.0. The van der Waals surface area contributed by atoms with Crippen LogP contribution in [0.25, 0.3) is 0 Å². The molecule has 0 saturated carbocycles. The number of anilines is 1. The lowest BCUT2D eigenvalue weighted by Gasteiger charge is -2.07. The molecule has 0 aliphatic carbocycles. The van der Waals surface area contributed by atoms with Gasteiger partial charge in [-0.3, -0.25) is 19.7 Å². The summed E-state index contributed by atoms with van der Waals surface area (Å²) in [6, 6.07) is 19.4. The van der Waals surface area contributed by atoms with Gasteiger partial charge in [-0.25, -0.2) is 10.2 Å². The van der Waals surface area contributed by atoms with E-state index >= 15 is 0 Å². The van der Waals surface area contributed by atoms with Crippen LogP contribution < -0.4 is 15.5 Å². The number of nitro groups is 1. The van der Waals surface area contributed by atoms with E-state index in [1.54, 1.807) is 19.1 Å². The van der Waals surface area contributed by atoms with Crippen molar-refractivity contribution < 1.29 is 24.0 Å². The number of nitro benzene ring substituents is 1. The van der Waals surface area contributed by atoms with E-state index in [4.69, 9.17) is 10.00 Å². The lowest BCUT2D eigenvalue weighted by atomic mass is 10.1. The van der Waals surface area contributed by atoms with E-state index in [1.807, 2.05) is 6.07 Å². The first-order valence-electron chi connectivity index (χ1n) is 10.0. The molecular formula is C24H17N5O6. The highest BCUT2D eigenvalue weighted by molar-refractivity contribution is 6.39. The molecule has 3 aromatic carbocycles. The van der Waals surface area contributed by atoms with Gasteiger partial charge in [0.15, 0.2) is 0 Å². The Hall–Kier alpha value is -5.37. The number of nitriles is 1. The van der Waals surface area contributed by atoms with Gasteiger partial charge in [0, 0.05) is 11.8 Å². The number of para-hydroxylation sites is 1. The number of hydrazone groups is 1. The zero-order valence-electron chi connectivity index (χ0n) is 18.2. The van der Waals surface area contributed by atoms with Crippen molar-refractivity contribution in [2.24, 2.45) is 5.10 Å². The summed E-state index contributed by atoms with van der Waals surface area (Å²) in [6.07, 6.45) is 0. The second-order valence-electron chi connectivity index (χ2n) is 6.97. The number of hydrogen-bond donors (Lipinski definition) is 2. The van der Waals surface area contributed by atoms with Crippen molar-refractivity contribution in [2.75, 3.05) is 5.32 Å². The predicted molar refractivity (Wildman–Crippen MR) is 125 cm³/mol. The Bertz CT molecular complexity index is 1360. The summed E-state index contributed by atoms with van der Waals surface area (Å²) in [4.78, 5) is 46.7. The maximum absolute atomic E-state index is 12.3. The maximum atomic E-state index is 12.3. The monoisotopic (exact) mass is 471 g/mol. The van der Waals surface area contributed by atoms with Crippen molar-refractivity contribution in [1.82, 2.24) is 5.43 Å². The number of hydrogen-bond acceptors (Lipinski definition) is 8. The molecule has 0 atom stereocenters. The van der Waals surface area contributed by atoms with Crippen LogP contribution in [-0.4, -0.2) is 28.4 Å². The molecule has 0 radical (unpaired) electrons. The van der Waals surface area contributed by atoms with Crippen LogP contribution in [0.5, 0.6) is 5.75 Å². The molecule has 0 aliphatic heterocycles. The minimum absolute atomic E-state index is 0.149. The van der Waals surface area contributed by atoms with Crippen LogP contribution in [0.2, 0.25) is 0 Å². The Morgan fingerprint density at radius 2 is 1.63 bits per heavy atom. The molecule has 0 spiro atoms. The minimum atomic E-state index is -0.997. The average molecular weight is 471 g/mol. The van der Waals surface area contributed by atoms with E-state index in [-0.39, 0.29) is 17.0 Å². The summed E-state index contributed by atoms with van der Waals surface area (Å²) in [6.45, 7) is 1.59. The molecule has 174 valence electrons. The van der Waals surface area contributed by atoms with Crippen LogP contribution in [0, 0.1) is 21.4 Å². The molecule has 0 fully saturated rings. The van der Waals surface area contributed by atoms with Crippen molar-refractivity contribution in [3.63, 3.8) is 0 Å². The predicted octanol–water partition coefficient (Wildman–Crippen LogP) is 3.16. The van der Waals surface area contributed by atoms with Gasteiger partial charge in [-0.2, -0.15) is 10.4 Å². The third-order valence-corrected chi connectivity index (χ3v) is 4.61. The number of rotatable bonds is 6. The average Bonchev–Trinajstić information content (AvgIpc) is 2.87. The molecule has 3 aromatic rings. The Morgan fingerprint density at radius 3 is 2.26 bits per heavy atom. The van der Waals surface area contributed by atoms with E-state index in [9.17, 15) is 24.5 Å². The summed E-state index contributed by atoms with van der Waals surface area (Å²) in [5, 5.41) is 26.1. The van der Waals surface area contributed by atoms with Gasteiger partial charge >= 0.3 is 17.8 Å². The second-order valence-corrected chi connectivity index (χ2v) is 6.97. The van der Waals surface area contributed by atoms with Gasteiger partial charge in [0.25, 0.3) is 5.69 Å². The Kier molecular flexibility index (Phi) is 7.61. The van der Waals surface area contributed by atoms with Crippen molar-refractivity contribution >= 4 is 34.9 Å². The number of nitrogens with zero attached hydrogens (tertiary/aromatic N) is 3. The highest BCUT2D eigenvalue weighted by Crippen LogP contribution is 2.21. The fourth-order valence-corrected chi connectivity index (χ4v) is 2.80. The quantitative estimate of drug-likeness (QED) is 0.139. The third kappa shape index (κ3) is 6.33. The number of ether oxygens (including phenoxy) is 1. The molecule has 11 nitrogen and oxygen atoms in total. The molecule has 2 N–H and O–H groups in total. The van der Waals surface area contributed by atoms with Crippen molar-refractivity contribution in [2.45, 2.75) is 6.92 Å². The van der Waals surface area contributed by atoms with E-state index in [0.717, 1.165) is 0 Å². The first-order valence-corrected chi connectivity index (χ1v) is 10.0. The SMILES string of the molecule is C/C(=N\NC(=O)C(=O)Nc1ccc(C#N)cc1)c1ccc(OC(=O)c2ccccc2[N+](=O)[O-])cc1. The van der Waals surface area contributed by atoms with E-state index in [0.29, 0.717) is 22.5 Å². The summed E-state index contributed by atoms with van der Waals surface area (Å²) in [7, 11) is 0. The van der Waals surface area contributed by atoms with E-state index in [2.05, 4.69) is 15.8 Å². The summed E-state index contributed by atoms with van der Waals surface area (Å²) >= 11 is 0. The number of carbonyl (C=O) groups excluding carboxylic acids is 3. The largest absolute Gasteiger partial charge is 0.423 e. The summed E-state index contributed by atoms with van der Waals surface area (Å²) < 4.78 is 5.20. The van der Waals surface area contributed by atoms with Gasteiger partial charge in [0.2, 0.25) is 0 Å². The number of carbonyl (C=O) groups is 3. The lowest BCUT2D eigenvalue weighted by Crippen LogP contribution is -2.32. The first kappa shape index (κ1) is 24.3. The third-order valence-electron chi connectivity index (χ3n) is 4.61. The van der Waals surface area contributed by atoms with Crippen molar-refractivity contribution in [1.29, 1.82) is 5.26 Å². The Morgan fingerprint density at radius 1 is 0.971 bits per heavy atom. The van der Waals surface area contributed by atoms with Crippen LogP contribution in [0.4, 0.5) is 11.4 Å². The molecule has 11 heteroatoms. The summed E-state index contributed by atoms with van der Waals surface area (Å²) in [5.74, 6) is -2.67. The standard InChI is InChI=1S/C24H17N5O6/c1-15(27-28-23(31)22(30)26-18-10-6-16(14-25)7-11-18)17-8-12-19(13-9-17)35-24(32)20-4-2-3-5-21(20)29(33)34/h2-13H,1H3,(H,26,30)(H,28,31)/b27-15+. The van der Waals surface area contributed by atoms with Crippen LogP contribution in [0.15, 0.2) is 77.9 Å². The lowest BCUT2D eigenvalue weighted by molar-refractivity contribution is -0.385. The molecule has 0 aromatic heterocycles. The van der Waals surface area contributed by atoms with E-state index < -0.39 is 22.7 Å². The fraction of sp³-hybridized carbons (Fsp3) is 0.0417. The van der Waals surface area contributed by atoms with Gasteiger partial charge < -0.3 is 10.1 Å². The van der Waals surface area contributed by atoms with Crippen LogP contribution in [0.1, 0.15) is 28.4 Å². The topological polar surface area (TPSA) is 164 Å². The Balaban J connectivity index is 1.59. The summed E-state index contributed by atoms with van der Waals surface area (Å²) in [5.41, 5.74) is 3.28. The molecular weight excluding hydrogens is 454 g/mol. The van der Waals surface area contributed by atoms with Gasteiger partial charge in [0.1, 0.15) is 11.3 Å². The smallest absolute Gasteiger partial charge is 0.350 e. The first-order chi connectivity index (χ1) is 16.8. The van der Waals surface area contributed by atoms with Crippen molar-refractivity contribution in [3.8, 4) is 11.8 Å². The molecule has 0 aliphatic rings. The van der Waals surface area contributed by atoms with Crippen LogP contribution >= 0.6 is 0 Å². The maximum Gasteiger partial charge on any atom is 0.350 e. The van der Waals surface area contributed by atoms with E-state index in [1.165, 1.54) is 60.7 Å². The molecule has 0 heterocycles. The highest BCUT2D eigenvalue weighted by Gasteiger charge is 2.21. The molecule has 0 saturated heterocycles. The molecule has 3 rings (SSSR count). The zero-order valence-corrected chi connectivity index (χ0v) is 18.2. The van der Waals surface area contributed by atoms with Gasteiger partial charge in [0.05, 0.1) is 22.3 Å². The molecule has 2 amide bonds. The van der Waals surface area contributed by atoms with Gasteiger partial charge in [-0.05, 0) is 67.1 Å². The number of amides is 2. The molecule has 0 unspecified atom stereocenters. The molecule has 0 bridgehead atoms. The zero-order chi connectivity index (χ0) is 25.4. The number of benzene rings is 3. The van der Waals surface area contributed by atoms with Crippen molar-refractivity contribution in [3.05, 3.63) is 99.6 Å². The minimum Gasteiger partial charge on any atom is -0.423 e. The van der Waals surface area contributed by atoms with Gasteiger partial charge in [-0.1, -0.05) is 12.1 Å². The Labute approximate surface area is 198 Å². The number of esters is 1. The van der Waals surface area contributed by atoms with Crippen LogP contribution in [-0.2, 0) is 9.59 Å². The normalized spacial score (nSPS) is 10.6. The highest BCUT2D eigenvalue weighted by atomic mass is 16.6. The fourth-order valence-electron chi connectivity index (χ4n) is 2.80. The number of nitrogens with one attached hydrogen (secondary N) is 2.